The van der Waals surface area contributed by atoms with Gasteiger partial charge in [0, 0.05) is 31.9 Å². The van der Waals surface area contributed by atoms with Crippen LogP contribution in [0, 0.1) is 0 Å². The number of pyridine rings is 1. The molecule has 0 aromatic carbocycles. The van der Waals surface area contributed by atoms with E-state index in [0.717, 1.165) is 17.8 Å². The summed E-state index contributed by atoms with van der Waals surface area (Å²) in [4.78, 5) is 6.42. The Bertz CT molecular complexity index is 516. The normalized spacial score (nSPS) is 24.0. The second-order valence-corrected chi connectivity index (χ2v) is 6.98. The third-order valence-corrected chi connectivity index (χ3v) is 5.15. The average molecular weight is 269 g/mol. The van der Waals surface area contributed by atoms with Crippen LogP contribution >= 0.6 is 0 Å². The van der Waals surface area contributed by atoms with Crippen LogP contribution in [-0.2, 0) is 22.9 Å². The van der Waals surface area contributed by atoms with Crippen LogP contribution < -0.4 is 5.73 Å². The summed E-state index contributed by atoms with van der Waals surface area (Å²) in [6.45, 7) is 3.67. The smallest absolute Gasteiger partial charge is 0.153 e. The molecule has 6 heteroatoms. The molecular formula is C12H19N3O2S. The van der Waals surface area contributed by atoms with Crippen molar-refractivity contribution in [3.05, 3.63) is 29.6 Å². The lowest BCUT2D eigenvalue weighted by Crippen LogP contribution is -2.46. The molecule has 1 unspecified atom stereocenters. The van der Waals surface area contributed by atoms with E-state index in [0.29, 0.717) is 13.1 Å². The molecule has 5 nitrogen and oxygen atoms in total. The van der Waals surface area contributed by atoms with Crippen LogP contribution in [0.5, 0.6) is 0 Å². The highest BCUT2D eigenvalue weighted by Crippen LogP contribution is 2.16. The SMILES string of the molecule is CC1CS(=O)(=O)CCN1Cc1cccnc1CN. The van der Waals surface area contributed by atoms with Crippen LogP contribution in [0.25, 0.3) is 0 Å². The maximum atomic E-state index is 11.5. The number of hydrogen-bond donors (Lipinski definition) is 1. The number of sulfone groups is 1. The van der Waals surface area contributed by atoms with Crippen molar-refractivity contribution >= 4 is 9.84 Å². The van der Waals surface area contributed by atoms with Crippen LogP contribution in [0.15, 0.2) is 18.3 Å². The van der Waals surface area contributed by atoms with Crippen LogP contribution in [0.3, 0.4) is 0 Å². The minimum atomic E-state index is -2.85. The maximum Gasteiger partial charge on any atom is 0.153 e. The number of nitrogens with two attached hydrogens (primary N) is 1. The van der Waals surface area contributed by atoms with E-state index in [2.05, 4.69) is 9.88 Å². The molecule has 0 radical (unpaired) electrons. The highest BCUT2D eigenvalue weighted by atomic mass is 32.2. The molecule has 1 atom stereocenters. The summed E-state index contributed by atoms with van der Waals surface area (Å²) >= 11 is 0. The molecule has 0 saturated carbocycles. The Labute approximate surface area is 108 Å². The van der Waals surface area contributed by atoms with Crippen molar-refractivity contribution in [1.29, 1.82) is 0 Å². The topological polar surface area (TPSA) is 76.3 Å². The largest absolute Gasteiger partial charge is 0.325 e. The van der Waals surface area contributed by atoms with E-state index in [1.807, 2.05) is 19.1 Å². The summed E-state index contributed by atoms with van der Waals surface area (Å²) in [6, 6.07) is 3.94. The summed E-state index contributed by atoms with van der Waals surface area (Å²) in [7, 11) is -2.85. The highest BCUT2D eigenvalue weighted by Gasteiger charge is 2.28. The van der Waals surface area contributed by atoms with E-state index in [-0.39, 0.29) is 17.5 Å². The fourth-order valence-electron chi connectivity index (χ4n) is 2.29. The summed E-state index contributed by atoms with van der Waals surface area (Å²) in [5.41, 5.74) is 7.63. The number of hydrogen-bond acceptors (Lipinski definition) is 5. The molecule has 2 rings (SSSR count). The minimum absolute atomic E-state index is 0.0505. The number of aromatic nitrogens is 1. The molecule has 0 amide bonds. The first-order valence-electron chi connectivity index (χ1n) is 6.09. The standard InChI is InChI=1S/C12H19N3O2S/c1-10-9-18(16,17)6-5-15(10)8-11-3-2-4-14-12(11)7-13/h2-4,10H,5-9,13H2,1H3. The van der Waals surface area contributed by atoms with Gasteiger partial charge in [-0.15, -0.1) is 0 Å². The lowest BCUT2D eigenvalue weighted by atomic mass is 10.1. The monoisotopic (exact) mass is 269 g/mol. The predicted molar refractivity (Wildman–Crippen MR) is 70.7 cm³/mol. The van der Waals surface area contributed by atoms with Gasteiger partial charge in [0.05, 0.1) is 17.2 Å². The van der Waals surface area contributed by atoms with Crippen LogP contribution in [-0.4, -0.2) is 42.4 Å². The molecule has 1 aromatic rings. The molecule has 1 aromatic heterocycles. The van der Waals surface area contributed by atoms with Gasteiger partial charge in [0.15, 0.2) is 9.84 Å². The first-order valence-corrected chi connectivity index (χ1v) is 7.91. The van der Waals surface area contributed by atoms with E-state index in [1.165, 1.54) is 0 Å². The molecule has 1 fully saturated rings. The molecule has 1 saturated heterocycles. The number of rotatable bonds is 3. The minimum Gasteiger partial charge on any atom is -0.325 e. The van der Waals surface area contributed by atoms with Gasteiger partial charge in [0.1, 0.15) is 0 Å². The Morgan fingerprint density at radius 1 is 1.56 bits per heavy atom. The van der Waals surface area contributed by atoms with Crippen molar-refractivity contribution in [2.45, 2.75) is 26.1 Å². The van der Waals surface area contributed by atoms with Crippen LogP contribution in [0.4, 0.5) is 0 Å². The molecule has 0 aliphatic carbocycles. The first kappa shape index (κ1) is 13.5. The summed E-state index contributed by atoms with van der Waals surface area (Å²) < 4.78 is 23.0. The molecule has 1 aliphatic heterocycles. The fourth-order valence-corrected chi connectivity index (χ4v) is 3.91. The first-order chi connectivity index (χ1) is 8.52. The second-order valence-electron chi connectivity index (χ2n) is 4.75. The van der Waals surface area contributed by atoms with E-state index >= 15 is 0 Å². The average Bonchev–Trinajstić information content (AvgIpc) is 2.33. The Balaban J connectivity index is 2.10. The maximum absolute atomic E-state index is 11.5. The summed E-state index contributed by atoms with van der Waals surface area (Å²) in [5, 5.41) is 0. The third kappa shape index (κ3) is 3.07. The number of nitrogens with zero attached hydrogens (tertiary/aromatic N) is 2. The van der Waals surface area contributed by atoms with Gasteiger partial charge < -0.3 is 5.73 Å². The Hall–Kier alpha value is -0.980. The zero-order valence-corrected chi connectivity index (χ0v) is 11.4. The third-order valence-electron chi connectivity index (χ3n) is 3.36. The van der Waals surface area contributed by atoms with Crippen molar-refractivity contribution in [3.8, 4) is 0 Å². The second kappa shape index (κ2) is 5.34. The molecule has 0 bridgehead atoms. The molecule has 100 valence electrons. The van der Waals surface area contributed by atoms with Gasteiger partial charge in [0.25, 0.3) is 0 Å². The molecular weight excluding hydrogens is 250 g/mol. The molecule has 2 heterocycles. The van der Waals surface area contributed by atoms with Gasteiger partial charge in [-0.2, -0.15) is 0 Å². The lowest BCUT2D eigenvalue weighted by molar-refractivity contribution is 0.217. The Morgan fingerprint density at radius 2 is 2.33 bits per heavy atom. The predicted octanol–water partition coefficient (Wildman–Crippen LogP) is 0.159. The quantitative estimate of drug-likeness (QED) is 0.846. The lowest BCUT2D eigenvalue weighted by Gasteiger charge is -2.33. The van der Waals surface area contributed by atoms with Gasteiger partial charge in [-0.3, -0.25) is 9.88 Å². The Morgan fingerprint density at radius 3 is 3.00 bits per heavy atom. The van der Waals surface area contributed by atoms with E-state index in [1.54, 1.807) is 6.20 Å². The van der Waals surface area contributed by atoms with Gasteiger partial charge in [0.2, 0.25) is 0 Å². The van der Waals surface area contributed by atoms with E-state index in [4.69, 9.17) is 5.73 Å². The summed E-state index contributed by atoms with van der Waals surface area (Å²) in [6.07, 6.45) is 1.73. The van der Waals surface area contributed by atoms with E-state index < -0.39 is 9.84 Å². The van der Waals surface area contributed by atoms with Crippen molar-refractivity contribution in [1.82, 2.24) is 9.88 Å². The zero-order valence-electron chi connectivity index (χ0n) is 10.5. The van der Waals surface area contributed by atoms with E-state index in [9.17, 15) is 8.42 Å². The van der Waals surface area contributed by atoms with Crippen LogP contribution in [0.2, 0.25) is 0 Å². The molecule has 2 N–H and O–H groups in total. The van der Waals surface area contributed by atoms with Gasteiger partial charge in [-0.1, -0.05) is 6.07 Å². The van der Waals surface area contributed by atoms with Crippen molar-refractivity contribution in [2.75, 3.05) is 18.1 Å². The van der Waals surface area contributed by atoms with Gasteiger partial charge >= 0.3 is 0 Å². The highest BCUT2D eigenvalue weighted by molar-refractivity contribution is 7.91. The van der Waals surface area contributed by atoms with Crippen molar-refractivity contribution < 1.29 is 8.42 Å². The van der Waals surface area contributed by atoms with Crippen LogP contribution in [0.1, 0.15) is 18.2 Å². The Kier molecular flexibility index (Phi) is 3.99. The molecule has 1 aliphatic rings. The fraction of sp³-hybridized carbons (Fsp3) is 0.583. The zero-order chi connectivity index (χ0) is 13.2. The van der Waals surface area contributed by atoms with Crippen molar-refractivity contribution in [2.24, 2.45) is 5.73 Å². The van der Waals surface area contributed by atoms with Gasteiger partial charge in [-0.05, 0) is 18.6 Å². The molecule has 0 spiro atoms. The van der Waals surface area contributed by atoms with Crippen molar-refractivity contribution in [3.63, 3.8) is 0 Å². The summed E-state index contributed by atoms with van der Waals surface area (Å²) in [5.74, 6) is 0.487. The molecule has 18 heavy (non-hydrogen) atoms. The van der Waals surface area contributed by atoms with Gasteiger partial charge in [-0.25, -0.2) is 8.42 Å².